The molecule has 1 aromatic carbocycles. The van der Waals surface area contributed by atoms with Crippen LogP contribution in [-0.4, -0.2) is 43.5 Å². The summed E-state index contributed by atoms with van der Waals surface area (Å²) in [6, 6.07) is 2.96. The van der Waals surface area contributed by atoms with E-state index in [0.29, 0.717) is 18.7 Å². The molecule has 1 aromatic rings. The monoisotopic (exact) mass is 363 g/mol. The lowest BCUT2D eigenvalue weighted by atomic mass is 9.75. The zero-order chi connectivity index (χ0) is 19.1. The number of amides is 1. The second-order valence-corrected chi connectivity index (χ2v) is 8.14. The summed E-state index contributed by atoms with van der Waals surface area (Å²) in [5.41, 5.74) is 0.430. The molecule has 2 saturated heterocycles. The Labute approximate surface area is 154 Å². The maximum Gasteiger partial charge on any atom is 0.495 e. The van der Waals surface area contributed by atoms with Crippen LogP contribution in [0.3, 0.4) is 0 Å². The standard InChI is InChI=1S/C19H27BFNO4/c1-12-10-14(17(23)22-13-6-8-24-9-7-13)16(21)11-15(12)20-25-18(2,3)19(4,5)26-20/h10-11,13H,6-9H2,1-5H3,(H,22,23). The van der Waals surface area contributed by atoms with Crippen LogP contribution in [0.5, 0.6) is 0 Å². The Kier molecular flexibility index (Phi) is 5.16. The Morgan fingerprint density at radius 3 is 2.31 bits per heavy atom. The Balaban J connectivity index is 1.79. The van der Waals surface area contributed by atoms with Gasteiger partial charge in [0.05, 0.1) is 16.8 Å². The van der Waals surface area contributed by atoms with Crippen LogP contribution in [-0.2, 0) is 14.0 Å². The van der Waals surface area contributed by atoms with Crippen molar-refractivity contribution >= 4 is 18.5 Å². The summed E-state index contributed by atoms with van der Waals surface area (Å²) < 4.78 is 32.0. The predicted molar refractivity (Wildman–Crippen MR) is 98.2 cm³/mol. The first-order valence-electron chi connectivity index (χ1n) is 9.15. The first-order valence-corrected chi connectivity index (χ1v) is 9.15. The van der Waals surface area contributed by atoms with Gasteiger partial charge >= 0.3 is 7.12 Å². The molecule has 0 spiro atoms. The zero-order valence-electron chi connectivity index (χ0n) is 16.1. The van der Waals surface area contributed by atoms with E-state index < -0.39 is 30.0 Å². The fourth-order valence-corrected chi connectivity index (χ4v) is 3.20. The molecular weight excluding hydrogens is 336 g/mol. The maximum atomic E-state index is 14.7. The summed E-state index contributed by atoms with van der Waals surface area (Å²) >= 11 is 0. The highest BCUT2D eigenvalue weighted by atomic mass is 19.1. The molecule has 2 aliphatic heterocycles. The molecule has 1 N–H and O–H groups in total. The van der Waals surface area contributed by atoms with Crippen molar-refractivity contribution < 1.29 is 23.2 Å². The smallest absolute Gasteiger partial charge is 0.399 e. The number of rotatable bonds is 3. The second kappa shape index (κ2) is 6.95. The van der Waals surface area contributed by atoms with Gasteiger partial charge in [-0.25, -0.2) is 4.39 Å². The lowest BCUT2D eigenvalue weighted by Gasteiger charge is -2.32. The van der Waals surface area contributed by atoms with Crippen LogP contribution in [0, 0.1) is 12.7 Å². The minimum absolute atomic E-state index is 0.0266. The first kappa shape index (κ1) is 19.3. The van der Waals surface area contributed by atoms with Gasteiger partial charge in [0.25, 0.3) is 5.91 Å². The Morgan fingerprint density at radius 2 is 1.73 bits per heavy atom. The van der Waals surface area contributed by atoms with Gasteiger partial charge in [0, 0.05) is 19.3 Å². The Morgan fingerprint density at radius 1 is 1.15 bits per heavy atom. The highest BCUT2D eigenvalue weighted by Gasteiger charge is 2.52. The highest BCUT2D eigenvalue weighted by Crippen LogP contribution is 2.36. The molecule has 0 aromatic heterocycles. The molecule has 7 heteroatoms. The molecule has 0 unspecified atom stereocenters. The summed E-state index contributed by atoms with van der Waals surface area (Å²) in [4.78, 5) is 12.5. The number of carbonyl (C=O) groups is 1. The number of halogens is 1. The summed E-state index contributed by atoms with van der Waals surface area (Å²) in [6.07, 6.45) is 1.50. The van der Waals surface area contributed by atoms with Crippen LogP contribution in [0.15, 0.2) is 12.1 Å². The zero-order valence-corrected chi connectivity index (χ0v) is 16.1. The van der Waals surface area contributed by atoms with E-state index in [1.54, 1.807) is 6.07 Å². The predicted octanol–water partition coefficient (Wildman–Crippen LogP) is 2.34. The van der Waals surface area contributed by atoms with E-state index in [2.05, 4.69) is 5.32 Å². The van der Waals surface area contributed by atoms with Crippen molar-refractivity contribution in [3.8, 4) is 0 Å². The lowest BCUT2D eigenvalue weighted by Crippen LogP contribution is -2.41. The fourth-order valence-electron chi connectivity index (χ4n) is 3.20. The van der Waals surface area contributed by atoms with Crippen LogP contribution >= 0.6 is 0 Å². The van der Waals surface area contributed by atoms with E-state index in [9.17, 15) is 9.18 Å². The molecule has 0 bridgehead atoms. The van der Waals surface area contributed by atoms with Crippen molar-refractivity contribution in [2.75, 3.05) is 13.2 Å². The van der Waals surface area contributed by atoms with Gasteiger partial charge in [-0.15, -0.1) is 0 Å². The lowest BCUT2D eigenvalue weighted by molar-refractivity contribution is 0.00578. The van der Waals surface area contributed by atoms with Crippen molar-refractivity contribution in [1.29, 1.82) is 0 Å². The Bertz CT molecular complexity index is 685. The van der Waals surface area contributed by atoms with Crippen molar-refractivity contribution in [3.05, 3.63) is 29.1 Å². The van der Waals surface area contributed by atoms with E-state index in [4.69, 9.17) is 14.0 Å². The van der Waals surface area contributed by atoms with E-state index in [0.717, 1.165) is 18.4 Å². The van der Waals surface area contributed by atoms with Gasteiger partial charge in [-0.05, 0) is 65.1 Å². The molecule has 2 aliphatic rings. The van der Waals surface area contributed by atoms with Gasteiger partial charge < -0.3 is 19.4 Å². The van der Waals surface area contributed by atoms with Gasteiger partial charge in [-0.2, -0.15) is 0 Å². The van der Waals surface area contributed by atoms with Crippen LogP contribution in [0.1, 0.15) is 56.5 Å². The van der Waals surface area contributed by atoms with Crippen molar-refractivity contribution in [2.24, 2.45) is 0 Å². The van der Waals surface area contributed by atoms with Crippen molar-refractivity contribution in [2.45, 2.75) is 64.7 Å². The summed E-state index contributed by atoms with van der Waals surface area (Å²) in [6.45, 7) is 10.9. The number of benzene rings is 1. The number of nitrogens with one attached hydrogen (secondary N) is 1. The van der Waals surface area contributed by atoms with Crippen molar-refractivity contribution in [1.82, 2.24) is 5.32 Å². The van der Waals surface area contributed by atoms with E-state index in [1.807, 2.05) is 34.6 Å². The average Bonchev–Trinajstić information content (AvgIpc) is 2.78. The van der Waals surface area contributed by atoms with Gasteiger partial charge in [0.1, 0.15) is 5.82 Å². The normalized spacial score (nSPS) is 22.5. The summed E-state index contributed by atoms with van der Waals surface area (Å²) in [5.74, 6) is -0.956. The molecule has 0 saturated carbocycles. The molecule has 2 heterocycles. The second-order valence-electron chi connectivity index (χ2n) is 8.14. The third-order valence-corrected chi connectivity index (χ3v) is 5.66. The number of carbonyl (C=O) groups excluding carboxylic acids is 1. The number of hydrogen-bond acceptors (Lipinski definition) is 4. The average molecular weight is 363 g/mol. The SMILES string of the molecule is Cc1cc(C(=O)NC2CCOCC2)c(F)cc1B1OC(C)(C)C(C)(C)O1. The largest absolute Gasteiger partial charge is 0.495 e. The first-order chi connectivity index (χ1) is 12.1. The third kappa shape index (κ3) is 3.66. The minimum atomic E-state index is -0.651. The summed E-state index contributed by atoms with van der Waals surface area (Å²) in [5, 5.41) is 2.90. The molecule has 5 nitrogen and oxygen atoms in total. The number of ether oxygens (including phenoxy) is 1. The van der Waals surface area contributed by atoms with E-state index in [1.165, 1.54) is 6.07 Å². The van der Waals surface area contributed by atoms with E-state index >= 15 is 0 Å². The molecule has 0 radical (unpaired) electrons. The quantitative estimate of drug-likeness (QED) is 0.838. The van der Waals surface area contributed by atoms with Crippen LogP contribution in [0.25, 0.3) is 0 Å². The van der Waals surface area contributed by atoms with Gasteiger partial charge in [0.15, 0.2) is 0 Å². The van der Waals surface area contributed by atoms with Crippen LogP contribution in [0.2, 0.25) is 0 Å². The summed E-state index contributed by atoms with van der Waals surface area (Å²) in [7, 11) is -0.651. The molecular formula is C19H27BFNO4. The van der Waals surface area contributed by atoms with Crippen LogP contribution in [0.4, 0.5) is 4.39 Å². The van der Waals surface area contributed by atoms with E-state index in [-0.39, 0.29) is 11.6 Å². The molecule has 0 atom stereocenters. The fraction of sp³-hybridized carbons (Fsp3) is 0.632. The molecule has 0 aliphatic carbocycles. The van der Waals surface area contributed by atoms with Gasteiger partial charge in [0.2, 0.25) is 0 Å². The molecule has 2 fully saturated rings. The topological polar surface area (TPSA) is 56.8 Å². The Hall–Kier alpha value is -1.44. The van der Waals surface area contributed by atoms with Gasteiger partial charge in [-0.1, -0.05) is 5.56 Å². The molecule has 142 valence electrons. The van der Waals surface area contributed by atoms with Gasteiger partial charge in [-0.3, -0.25) is 4.79 Å². The third-order valence-electron chi connectivity index (χ3n) is 5.66. The van der Waals surface area contributed by atoms with Crippen LogP contribution < -0.4 is 10.8 Å². The number of aryl methyl sites for hydroxylation is 1. The molecule has 26 heavy (non-hydrogen) atoms. The highest BCUT2D eigenvalue weighted by molar-refractivity contribution is 6.62. The number of hydrogen-bond donors (Lipinski definition) is 1. The molecule has 3 rings (SSSR count). The maximum absolute atomic E-state index is 14.7. The molecule has 1 amide bonds. The minimum Gasteiger partial charge on any atom is -0.399 e. The van der Waals surface area contributed by atoms with Crippen molar-refractivity contribution in [3.63, 3.8) is 0 Å².